The molecule has 2 saturated carbocycles. The minimum atomic E-state index is 0.287. The van der Waals surface area contributed by atoms with E-state index in [1.54, 1.807) is 0 Å². The molecule has 0 aromatic carbocycles. The van der Waals surface area contributed by atoms with Crippen LogP contribution in [0.15, 0.2) is 0 Å². The lowest BCUT2D eigenvalue weighted by atomic mass is 9.85. The SMILES string of the molecule is CCCNC1CC(OCC2CC2)C1OCC. The van der Waals surface area contributed by atoms with Gasteiger partial charge in [0.15, 0.2) is 0 Å². The molecule has 2 aliphatic carbocycles. The van der Waals surface area contributed by atoms with E-state index in [1.807, 2.05) is 0 Å². The predicted octanol–water partition coefficient (Wildman–Crippen LogP) is 1.96. The topological polar surface area (TPSA) is 30.5 Å². The lowest BCUT2D eigenvalue weighted by Crippen LogP contribution is -2.60. The van der Waals surface area contributed by atoms with Crippen LogP contribution in [0.2, 0.25) is 0 Å². The summed E-state index contributed by atoms with van der Waals surface area (Å²) in [6, 6.07) is 0.518. The first kappa shape index (κ1) is 12.3. The molecule has 2 aliphatic rings. The van der Waals surface area contributed by atoms with E-state index in [0.717, 1.165) is 32.1 Å². The highest BCUT2D eigenvalue weighted by molar-refractivity contribution is 4.97. The molecule has 16 heavy (non-hydrogen) atoms. The number of hydrogen-bond acceptors (Lipinski definition) is 3. The molecule has 0 spiro atoms. The zero-order valence-electron chi connectivity index (χ0n) is 10.6. The Balaban J connectivity index is 1.67. The molecule has 3 heteroatoms. The summed E-state index contributed by atoms with van der Waals surface area (Å²) in [5.41, 5.74) is 0. The summed E-state index contributed by atoms with van der Waals surface area (Å²) in [6.07, 6.45) is 5.66. The van der Waals surface area contributed by atoms with Crippen LogP contribution < -0.4 is 5.32 Å². The van der Waals surface area contributed by atoms with Gasteiger partial charge in [-0.05, 0) is 45.1 Å². The van der Waals surface area contributed by atoms with Crippen LogP contribution in [0.3, 0.4) is 0 Å². The molecule has 0 saturated heterocycles. The van der Waals surface area contributed by atoms with Gasteiger partial charge >= 0.3 is 0 Å². The van der Waals surface area contributed by atoms with Crippen molar-refractivity contribution < 1.29 is 9.47 Å². The third-order valence-corrected chi connectivity index (χ3v) is 3.51. The summed E-state index contributed by atoms with van der Waals surface area (Å²) < 4.78 is 11.7. The summed E-state index contributed by atoms with van der Waals surface area (Å²) in [7, 11) is 0. The van der Waals surface area contributed by atoms with Gasteiger partial charge in [-0.2, -0.15) is 0 Å². The van der Waals surface area contributed by atoms with Crippen LogP contribution in [0.25, 0.3) is 0 Å². The smallest absolute Gasteiger partial charge is 0.0990 e. The maximum Gasteiger partial charge on any atom is 0.0990 e. The monoisotopic (exact) mass is 227 g/mol. The van der Waals surface area contributed by atoms with Gasteiger partial charge in [0.25, 0.3) is 0 Å². The Bertz CT molecular complexity index is 206. The Morgan fingerprint density at radius 3 is 2.62 bits per heavy atom. The largest absolute Gasteiger partial charge is 0.375 e. The quantitative estimate of drug-likeness (QED) is 0.687. The zero-order chi connectivity index (χ0) is 11.4. The van der Waals surface area contributed by atoms with E-state index in [0.29, 0.717) is 12.1 Å². The van der Waals surface area contributed by atoms with E-state index in [2.05, 4.69) is 19.2 Å². The highest BCUT2D eigenvalue weighted by atomic mass is 16.5. The number of hydrogen-bond donors (Lipinski definition) is 1. The zero-order valence-corrected chi connectivity index (χ0v) is 10.6. The predicted molar refractivity (Wildman–Crippen MR) is 64.6 cm³/mol. The van der Waals surface area contributed by atoms with Crippen LogP contribution in [-0.4, -0.2) is 38.0 Å². The summed E-state index contributed by atoms with van der Waals surface area (Å²) >= 11 is 0. The van der Waals surface area contributed by atoms with E-state index in [-0.39, 0.29) is 6.10 Å². The molecule has 2 fully saturated rings. The number of nitrogens with one attached hydrogen (secondary N) is 1. The molecule has 3 atom stereocenters. The van der Waals surface area contributed by atoms with E-state index in [4.69, 9.17) is 9.47 Å². The van der Waals surface area contributed by atoms with Crippen molar-refractivity contribution in [2.45, 2.75) is 57.8 Å². The minimum absolute atomic E-state index is 0.287. The summed E-state index contributed by atoms with van der Waals surface area (Å²) in [6.45, 7) is 7.09. The van der Waals surface area contributed by atoms with Crippen molar-refractivity contribution in [3.63, 3.8) is 0 Å². The fourth-order valence-electron chi connectivity index (χ4n) is 2.23. The molecule has 0 radical (unpaired) electrons. The highest BCUT2D eigenvalue weighted by Crippen LogP contribution is 2.33. The average molecular weight is 227 g/mol. The first-order chi connectivity index (χ1) is 7.85. The standard InChI is InChI=1S/C13H25NO2/c1-3-7-14-11-8-12(13(11)15-4-2)16-9-10-5-6-10/h10-14H,3-9H2,1-2H3. The van der Waals surface area contributed by atoms with Gasteiger partial charge in [0.05, 0.1) is 12.2 Å². The lowest BCUT2D eigenvalue weighted by molar-refractivity contribution is -0.146. The molecule has 1 N–H and O–H groups in total. The van der Waals surface area contributed by atoms with Crippen molar-refractivity contribution in [3.05, 3.63) is 0 Å². The molecule has 0 aliphatic heterocycles. The van der Waals surface area contributed by atoms with Crippen LogP contribution in [0.4, 0.5) is 0 Å². The highest BCUT2D eigenvalue weighted by Gasteiger charge is 2.42. The Morgan fingerprint density at radius 1 is 1.19 bits per heavy atom. The molecule has 0 aromatic rings. The molecule has 0 bridgehead atoms. The minimum Gasteiger partial charge on any atom is -0.375 e. The van der Waals surface area contributed by atoms with Gasteiger partial charge < -0.3 is 14.8 Å². The van der Waals surface area contributed by atoms with Gasteiger partial charge in [-0.1, -0.05) is 6.92 Å². The third-order valence-electron chi connectivity index (χ3n) is 3.51. The van der Waals surface area contributed by atoms with Crippen LogP contribution in [0.5, 0.6) is 0 Å². The van der Waals surface area contributed by atoms with Crippen LogP contribution >= 0.6 is 0 Å². The van der Waals surface area contributed by atoms with E-state index >= 15 is 0 Å². The van der Waals surface area contributed by atoms with Crippen molar-refractivity contribution in [2.24, 2.45) is 5.92 Å². The molecule has 2 rings (SSSR count). The van der Waals surface area contributed by atoms with Gasteiger partial charge in [0.2, 0.25) is 0 Å². The van der Waals surface area contributed by atoms with Gasteiger partial charge in [-0.15, -0.1) is 0 Å². The summed E-state index contributed by atoms with van der Waals surface area (Å²) in [4.78, 5) is 0. The average Bonchev–Trinajstić information content (AvgIpc) is 3.08. The second-order valence-corrected chi connectivity index (χ2v) is 5.03. The molecule has 3 nitrogen and oxygen atoms in total. The van der Waals surface area contributed by atoms with E-state index < -0.39 is 0 Å². The maximum absolute atomic E-state index is 5.91. The second-order valence-electron chi connectivity index (χ2n) is 5.03. The third kappa shape index (κ3) is 3.19. The second kappa shape index (κ2) is 5.99. The van der Waals surface area contributed by atoms with Crippen molar-refractivity contribution in [1.82, 2.24) is 5.32 Å². The fraction of sp³-hybridized carbons (Fsp3) is 1.00. The lowest BCUT2D eigenvalue weighted by Gasteiger charge is -2.44. The normalized spacial score (nSPS) is 33.8. The van der Waals surface area contributed by atoms with Gasteiger partial charge in [0.1, 0.15) is 0 Å². The Kier molecular flexibility index (Phi) is 4.62. The Labute approximate surface area is 98.9 Å². The molecule has 94 valence electrons. The summed E-state index contributed by atoms with van der Waals surface area (Å²) in [5.74, 6) is 0.852. The Hall–Kier alpha value is -0.120. The molecule has 3 unspecified atom stereocenters. The first-order valence-electron chi connectivity index (χ1n) is 6.81. The van der Waals surface area contributed by atoms with Gasteiger partial charge in [-0.25, -0.2) is 0 Å². The Morgan fingerprint density at radius 2 is 2.00 bits per heavy atom. The van der Waals surface area contributed by atoms with Gasteiger partial charge in [-0.3, -0.25) is 0 Å². The van der Waals surface area contributed by atoms with Crippen LogP contribution in [0.1, 0.15) is 39.5 Å². The van der Waals surface area contributed by atoms with Crippen molar-refractivity contribution in [3.8, 4) is 0 Å². The molecule has 0 heterocycles. The molecule has 0 amide bonds. The van der Waals surface area contributed by atoms with Gasteiger partial charge in [0, 0.05) is 19.3 Å². The molecule has 0 aromatic heterocycles. The van der Waals surface area contributed by atoms with Crippen molar-refractivity contribution in [1.29, 1.82) is 0 Å². The fourth-order valence-corrected chi connectivity index (χ4v) is 2.23. The van der Waals surface area contributed by atoms with E-state index in [1.165, 1.54) is 19.3 Å². The summed E-state index contributed by atoms with van der Waals surface area (Å²) in [5, 5.41) is 3.53. The van der Waals surface area contributed by atoms with Crippen LogP contribution in [-0.2, 0) is 9.47 Å². The van der Waals surface area contributed by atoms with Crippen LogP contribution in [0, 0.1) is 5.92 Å². The van der Waals surface area contributed by atoms with Crippen molar-refractivity contribution in [2.75, 3.05) is 19.8 Å². The molecular weight excluding hydrogens is 202 g/mol. The van der Waals surface area contributed by atoms with E-state index in [9.17, 15) is 0 Å². The number of ether oxygens (including phenoxy) is 2. The first-order valence-corrected chi connectivity index (χ1v) is 6.81. The number of rotatable bonds is 8. The maximum atomic E-state index is 5.91. The van der Waals surface area contributed by atoms with Crippen molar-refractivity contribution >= 4 is 0 Å². The molecular formula is C13H25NO2.